The maximum Gasteiger partial charge on any atom is 0.272 e. The molecule has 1 unspecified atom stereocenters. The van der Waals surface area contributed by atoms with Gasteiger partial charge in [0.25, 0.3) is 5.91 Å². The van der Waals surface area contributed by atoms with Gasteiger partial charge in [0.2, 0.25) is 0 Å². The van der Waals surface area contributed by atoms with Crippen LogP contribution in [0.3, 0.4) is 0 Å². The lowest BCUT2D eigenvalue weighted by Crippen LogP contribution is -2.32. The van der Waals surface area contributed by atoms with Crippen molar-refractivity contribution < 1.29 is 9.53 Å². The van der Waals surface area contributed by atoms with Crippen molar-refractivity contribution in [1.29, 1.82) is 0 Å². The molecule has 5 rings (SSSR count). The molecule has 1 N–H and O–H groups in total. The van der Waals surface area contributed by atoms with Gasteiger partial charge in [0.1, 0.15) is 17.6 Å². The number of methoxy groups -OCH3 is 1. The Hall–Kier alpha value is -3.87. The number of fused-ring (bicyclic) bond motifs is 1. The van der Waals surface area contributed by atoms with Crippen molar-refractivity contribution in [3.63, 3.8) is 0 Å². The van der Waals surface area contributed by atoms with Gasteiger partial charge >= 0.3 is 0 Å². The summed E-state index contributed by atoms with van der Waals surface area (Å²) in [5.41, 5.74) is 5.75. The van der Waals surface area contributed by atoms with E-state index in [9.17, 15) is 4.79 Å². The van der Waals surface area contributed by atoms with Gasteiger partial charge in [-0.15, -0.1) is 0 Å². The number of nitrogens with zero attached hydrogens (tertiary/aromatic N) is 4. The molecule has 1 atom stereocenters. The molecule has 2 aromatic carbocycles. The van der Waals surface area contributed by atoms with E-state index in [1.54, 1.807) is 13.3 Å². The van der Waals surface area contributed by atoms with Crippen molar-refractivity contribution in [2.75, 3.05) is 7.11 Å². The van der Waals surface area contributed by atoms with E-state index in [4.69, 9.17) is 9.84 Å². The van der Waals surface area contributed by atoms with Gasteiger partial charge in [-0.05, 0) is 55.5 Å². The maximum absolute atomic E-state index is 13.6. The predicted molar refractivity (Wildman–Crippen MR) is 126 cm³/mol. The number of hydrogen-bond acceptors (Lipinski definition) is 4. The van der Waals surface area contributed by atoms with E-state index in [0.29, 0.717) is 5.69 Å². The lowest BCUT2D eigenvalue weighted by Gasteiger charge is -2.19. The van der Waals surface area contributed by atoms with Gasteiger partial charge in [0.15, 0.2) is 5.69 Å². The van der Waals surface area contributed by atoms with Gasteiger partial charge in [0, 0.05) is 30.7 Å². The molecule has 7 nitrogen and oxygen atoms in total. The molecule has 1 aliphatic rings. The largest absolute Gasteiger partial charge is 0.497 e. The van der Waals surface area contributed by atoms with Crippen LogP contribution in [0.4, 0.5) is 0 Å². The Morgan fingerprint density at radius 1 is 1.12 bits per heavy atom. The van der Waals surface area contributed by atoms with Crippen LogP contribution in [0.25, 0.3) is 5.69 Å². The summed E-state index contributed by atoms with van der Waals surface area (Å²) >= 11 is 0. The van der Waals surface area contributed by atoms with Gasteiger partial charge in [0.05, 0.1) is 12.8 Å². The van der Waals surface area contributed by atoms with Gasteiger partial charge in [-0.3, -0.25) is 4.79 Å². The number of nitrogens with one attached hydrogen (secondary N) is 1. The molecule has 0 fully saturated rings. The third-order valence-corrected chi connectivity index (χ3v) is 6.33. The van der Waals surface area contributed by atoms with Crippen LogP contribution in [0.5, 0.6) is 5.75 Å². The van der Waals surface area contributed by atoms with Gasteiger partial charge in [-0.1, -0.05) is 30.3 Å². The van der Waals surface area contributed by atoms with Crippen molar-refractivity contribution in [2.45, 2.75) is 32.2 Å². The van der Waals surface area contributed by atoms with Gasteiger partial charge < -0.3 is 14.6 Å². The standard InChI is InChI=1S/C26H27N5O2/c1-17-7-4-5-9-21(17)31-22-10-6-8-20(22)24(29-31)26(32)28-23(25-27-15-16-30(25)2)18-11-13-19(33-3)14-12-18/h4-5,7,9,11-16,23H,6,8,10H2,1-3H3,(H,28,32). The molecule has 33 heavy (non-hydrogen) atoms. The molecule has 168 valence electrons. The second kappa shape index (κ2) is 8.58. The summed E-state index contributed by atoms with van der Waals surface area (Å²) in [6, 6.07) is 15.4. The van der Waals surface area contributed by atoms with Gasteiger partial charge in [-0.2, -0.15) is 5.10 Å². The molecule has 0 bridgehead atoms. The van der Waals surface area contributed by atoms with Crippen LogP contribution >= 0.6 is 0 Å². The zero-order valence-corrected chi connectivity index (χ0v) is 19.1. The number of aryl methyl sites for hydroxylation is 2. The summed E-state index contributed by atoms with van der Waals surface area (Å²) in [4.78, 5) is 18.1. The van der Waals surface area contributed by atoms with Crippen LogP contribution in [0, 0.1) is 6.92 Å². The molecule has 1 aliphatic carbocycles. The number of rotatable bonds is 6. The normalized spacial score (nSPS) is 13.5. The Bertz CT molecular complexity index is 1300. The predicted octanol–water partition coefficient (Wildman–Crippen LogP) is 3.93. The van der Waals surface area contributed by atoms with Crippen molar-refractivity contribution >= 4 is 5.91 Å². The molecular weight excluding hydrogens is 414 g/mol. The van der Waals surface area contributed by atoms with E-state index < -0.39 is 6.04 Å². The van der Waals surface area contributed by atoms with Crippen LogP contribution in [0.2, 0.25) is 0 Å². The number of benzene rings is 2. The second-order valence-corrected chi connectivity index (χ2v) is 8.40. The minimum atomic E-state index is -0.413. The number of carbonyl (C=O) groups excluding carboxylic acids is 1. The number of amides is 1. The second-order valence-electron chi connectivity index (χ2n) is 8.40. The third kappa shape index (κ3) is 3.80. The monoisotopic (exact) mass is 441 g/mol. The molecule has 0 spiro atoms. The topological polar surface area (TPSA) is 74.0 Å². The Morgan fingerprint density at radius 2 is 1.91 bits per heavy atom. The fourth-order valence-corrected chi connectivity index (χ4v) is 4.57. The molecule has 4 aromatic rings. The van der Waals surface area contributed by atoms with Crippen LogP contribution in [-0.4, -0.2) is 32.3 Å². The lowest BCUT2D eigenvalue weighted by atomic mass is 10.0. The molecule has 0 saturated carbocycles. The Morgan fingerprint density at radius 3 is 2.61 bits per heavy atom. The Kier molecular flexibility index (Phi) is 5.46. The van der Waals surface area contributed by atoms with Crippen molar-refractivity contribution in [3.05, 3.63) is 94.8 Å². The first-order valence-corrected chi connectivity index (χ1v) is 11.2. The van der Waals surface area contributed by atoms with E-state index in [-0.39, 0.29) is 5.91 Å². The number of ether oxygens (including phenoxy) is 1. The lowest BCUT2D eigenvalue weighted by molar-refractivity contribution is 0.0934. The number of hydrogen-bond donors (Lipinski definition) is 1. The molecule has 0 radical (unpaired) electrons. The van der Waals surface area contributed by atoms with E-state index in [1.807, 2.05) is 58.9 Å². The average Bonchev–Trinajstić information content (AvgIpc) is 3.55. The highest BCUT2D eigenvalue weighted by Crippen LogP contribution is 2.30. The summed E-state index contributed by atoms with van der Waals surface area (Å²) in [7, 11) is 3.56. The molecule has 0 saturated heterocycles. The smallest absolute Gasteiger partial charge is 0.272 e. The summed E-state index contributed by atoms with van der Waals surface area (Å²) in [5, 5.41) is 8.00. The van der Waals surface area contributed by atoms with Gasteiger partial charge in [-0.25, -0.2) is 9.67 Å². The SMILES string of the molecule is COc1ccc(C(NC(=O)c2nn(-c3ccccc3C)c3c2CCC3)c2nccn2C)cc1. The fourth-order valence-electron chi connectivity index (χ4n) is 4.57. The molecular formula is C26H27N5O2. The first-order chi connectivity index (χ1) is 16.1. The maximum atomic E-state index is 13.6. The highest BCUT2D eigenvalue weighted by molar-refractivity contribution is 5.94. The molecule has 7 heteroatoms. The molecule has 1 amide bonds. The summed E-state index contributed by atoms with van der Waals surface area (Å²) in [5.74, 6) is 1.33. The Labute approximate surface area is 193 Å². The van der Waals surface area contributed by atoms with E-state index in [2.05, 4.69) is 29.4 Å². The average molecular weight is 442 g/mol. The van der Waals surface area contributed by atoms with E-state index in [1.165, 1.54) is 0 Å². The fraction of sp³-hybridized carbons (Fsp3) is 0.269. The number of imidazole rings is 1. The van der Waals surface area contributed by atoms with E-state index >= 15 is 0 Å². The highest BCUT2D eigenvalue weighted by Gasteiger charge is 2.30. The van der Waals surface area contributed by atoms with Crippen LogP contribution in [-0.2, 0) is 19.9 Å². The number of para-hydroxylation sites is 1. The third-order valence-electron chi connectivity index (χ3n) is 6.33. The minimum Gasteiger partial charge on any atom is -0.497 e. The number of carbonyl (C=O) groups is 1. The molecule has 2 heterocycles. The summed E-state index contributed by atoms with van der Waals surface area (Å²) < 4.78 is 9.17. The molecule has 2 aromatic heterocycles. The Balaban J connectivity index is 1.52. The van der Waals surface area contributed by atoms with Crippen molar-refractivity contribution in [1.82, 2.24) is 24.6 Å². The van der Waals surface area contributed by atoms with Crippen molar-refractivity contribution in [2.24, 2.45) is 7.05 Å². The van der Waals surface area contributed by atoms with Crippen molar-refractivity contribution in [3.8, 4) is 11.4 Å². The summed E-state index contributed by atoms with van der Waals surface area (Å²) in [6.07, 6.45) is 6.43. The summed E-state index contributed by atoms with van der Waals surface area (Å²) in [6.45, 7) is 2.07. The van der Waals surface area contributed by atoms with E-state index in [0.717, 1.165) is 58.9 Å². The quantitative estimate of drug-likeness (QED) is 0.492. The number of aromatic nitrogens is 4. The zero-order chi connectivity index (χ0) is 22.9. The minimum absolute atomic E-state index is 0.190. The van der Waals surface area contributed by atoms with Crippen LogP contribution < -0.4 is 10.1 Å². The highest BCUT2D eigenvalue weighted by atomic mass is 16.5. The first-order valence-electron chi connectivity index (χ1n) is 11.2. The zero-order valence-electron chi connectivity index (χ0n) is 19.1. The van der Waals surface area contributed by atoms with Crippen LogP contribution in [0.15, 0.2) is 60.9 Å². The molecule has 0 aliphatic heterocycles. The first kappa shape index (κ1) is 21.0. The van der Waals surface area contributed by atoms with Crippen LogP contribution in [0.1, 0.15) is 51.2 Å².